The first-order chi connectivity index (χ1) is 10.0. The molecule has 0 N–H and O–H groups in total. The van der Waals surface area contributed by atoms with E-state index in [1.54, 1.807) is 24.3 Å². The molecule has 2 rings (SSSR count). The van der Waals surface area contributed by atoms with Crippen LogP contribution in [0.5, 0.6) is 5.75 Å². The van der Waals surface area contributed by atoms with E-state index in [2.05, 4.69) is 43.3 Å². The van der Waals surface area contributed by atoms with E-state index in [4.69, 9.17) is 4.74 Å². The van der Waals surface area contributed by atoms with Crippen molar-refractivity contribution in [2.24, 2.45) is 0 Å². The van der Waals surface area contributed by atoms with Gasteiger partial charge >= 0.3 is 11.9 Å². The molecular weight excluding hydrogens is 451 g/mol. The monoisotopic (exact) mass is 460 g/mol. The minimum Gasteiger partial charge on any atom is -0.465 e. The molecule has 21 heavy (non-hydrogen) atoms. The standard InChI is InChI=1S/C15H10BrIO4/c1-20-14(18)9-6-7-13(11(16)8-9)21-15(19)10-4-2-3-5-12(10)17/h2-8H,1H3. The van der Waals surface area contributed by atoms with Crippen molar-refractivity contribution in [3.63, 3.8) is 0 Å². The molecule has 0 aromatic heterocycles. The fourth-order valence-corrected chi connectivity index (χ4v) is 2.68. The maximum absolute atomic E-state index is 12.1. The third-order valence-corrected chi connectivity index (χ3v) is 4.21. The Hall–Kier alpha value is -1.41. The molecule has 0 amide bonds. The summed E-state index contributed by atoms with van der Waals surface area (Å²) in [4.78, 5) is 23.5. The molecule has 0 unspecified atom stereocenters. The molecule has 2 aromatic carbocycles. The summed E-state index contributed by atoms with van der Waals surface area (Å²) in [5.74, 6) is -0.565. The Morgan fingerprint density at radius 2 is 1.81 bits per heavy atom. The molecule has 0 saturated carbocycles. The van der Waals surface area contributed by atoms with Gasteiger partial charge in [-0.25, -0.2) is 9.59 Å². The van der Waals surface area contributed by atoms with Crippen molar-refractivity contribution in [3.05, 3.63) is 61.6 Å². The summed E-state index contributed by atoms with van der Waals surface area (Å²) in [5.41, 5.74) is 0.862. The van der Waals surface area contributed by atoms with Crippen LogP contribution in [0.25, 0.3) is 0 Å². The van der Waals surface area contributed by atoms with Crippen LogP contribution in [-0.2, 0) is 4.74 Å². The van der Waals surface area contributed by atoms with Gasteiger partial charge in [-0.15, -0.1) is 0 Å². The van der Waals surface area contributed by atoms with E-state index in [0.717, 1.165) is 3.57 Å². The van der Waals surface area contributed by atoms with Gasteiger partial charge in [-0.05, 0) is 68.9 Å². The van der Waals surface area contributed by atoms with E-state index in [1.807, 2.05) is 12.1 Å². The molecule has 0 spiro atoms. The molecule has 6 heteroatoms. The molecular formula is C15H10BrIO4. The average molecular weight is 461 g/mol. The Kier molecular flexibility index (Phi) is 5.35. The highest BCUT2D eigenvalue weighted by Gasteiger charge is 2.15. The number of benzene rings is 2. The quantitative estimate of drug-likeness (QED) is 0.393. The van der Waals surface area contributed by atoms with Crippen molar-refractivity contribution in [2.45, 2.75) is 0 Å². The summed E-state index contributed by atoms with van der Waals surface area (Å²) in [5, 5.41) is 0. The number of esters is 2. The van der Waals surface area contributed by atoms with Gasteiger partial charge in [0.05, 0.1) is 22.7 Å². The van der Waals surface area contributed by atoms with Crippen molar-refractivity contribution in [2.75, 3.05) is 7.11 Å². The molecule has 108 valence electrons. The number of hydrogen-bond donors (Lipinski definition) is 0. The molecule has 0 atom stereocenters. The average Bonchev–Trinajstić information content (AvgIpc) is 2.48. The van der Waals surface area contributed by atoms with Gasteiger partial charge < -0.3 is 9.47 Å². The number of ether oxygens (including phenoxy) is 2. The smallest absolute Gasteiger partial charge is 0.344 e. The Balaban J connectivity index is 2.22. The van der Waals surface area contributed by atoms with Gasteiger partial charge in [0.2, 0.25) is 0 Å². The lowest BCUT2D eigenvalue weighted by atomic mass is 10.2. The van der Waals surface area contributed by atoms with Crippen LogP contribution in [0.2, 0.25) is 0 Å². The molecule has 0 aliphatic carbocycles. The second-order valence-corrected chi connectivity index (χ2v) is 6.02. The van der Waals surface area contributed by atoms with Crippen molar-refractivity contribution in [3.8, 4) is 5.75 Å². The molecule has 0 aliphatic heterocycles. The van der Waals surface area contributed by atoms with Crippen molar-refractivity contribution < 1.29 is 19.1 Å². The molecule has 0 bridgehead atoms. The Bertz CT molecular complexity index is 700. The van der Waals surface area contributed by atoms with E-state index in [0.29, 0.717) is 21.3 Å². The van der Waals surface area contributed by atoms with Gasteiger partial charge in [0.1, 0.15) is 5.75 Å². The van der Waals surface area contributed by atoms with Gasteiger partial charge in [0.15, 0.2) is 0 Å². The lowest BCUT2D eigenvalue weighted by Gasteiger charge is -2.08. The Labute approximate surface area is 143 Å². The van der Waals surface area contributed by atoms with E-state index in [-0.39, 0.29) is 0 Å². The Morgan fingerprint density at radius 3 is 2.43 bits per heavy atom. The fourth-order valence-electron chi connectivity index (χ4n) is 1.61. The first-order valence-corrected chi connectivity index (χ1v) is 7.74. The highest BCUT2D eigenvalue weighted by Crippen LogP contribution is 2.27. The largest absolute Gasteiger partial charge is 0.465 e. The molecule has 2 aromatic rings. The van der Waals surface area contributed by atoms with Gasteiger partial charge in [-0.3, -0.25) is 0 Å². The van der Waals surface area contributed by atoms with E-state index in [1.165, 1.54) is 13.2 Å². The van der Waals surface area contributed by atoms with Gasteiger partial charge in [0.25, 0.3) is 0 Å². The molecule has 0 aliphatic rings. The Morgan fingerprint density at radius 1 is 1.10 bits per heavy atom. The number of rotatable bonds is 3. The van der Waals surface area contributed by atoms with Gasteiger partial charge in [0, 0.05) is 3.57 Å². The highest BCUT2D eigenvalue weighted by atomic mass is 127. The summed E-state index contributed by atoms with van der Waals surface area (Å²) in [7, 11) is 1.31. The summed E-state index contributed by atoms with van der Waals surface area (Å²) in [6, 6.07) is 11.8. The number of methoxy groups -OCH3 is 1. The first kappa shape index (κ1) is 16.0. The zero-order valence-corrected chi connectivity index (χ0v) is 14.7. The van der Waals surface area contributed by atoms with E-state index < -0.39 is 11.9 Å². The topological polar surface area (TPSA) is 52.6 Å². The third kappa shape index (κ3) is 3.82. The second-order valence-electron chi connectivity index (χ2n) is 4.01. The van der Waals surface area contributed by atoms with Crippen LogP contribution in [0.15, 0.2) is 46.9 Å². The van der Waals surface area contributed by atoms with Crippen LogP contribution in [0.3, 0.4) is 0 Å². The van der Waals surface area contributed by atoms with Crippen LogP contribution >= 0.6 is 38.5 Å². The number of hydrogen-bond acceptors (Lipinski definition) is 4. The summed E-state index contributed by atoms with van der Waals surface area (Å²) >= 11 is 5.35. The highest BCUT2D eigenvalue weighted by molar-refractivity contribution is 14.1. The zero-order valence-electron chi connectivity index (χ0n) is 10.9. The van der Waals surface area contributed by atoms with E-state index in [9.17, 15) is 9.59 Å². The van der Waals surface area contributed by atoms with Gasteiger partial charge in [-0.1, -0.05) is 12.1 Å². The lowest BCUT2D eigenvalue weighted by molar-refractivity contribution is 0.0600. The van der Waals surface area contributed by atoms with Crippen molar-refractivity contribution in [1.29, 1.82) is 0 Å². The summed E-state index contributed by atoms with van der Waals surface area (Å²) in [6.45, 7) is 0. The SMILES string of the molecule is COC(=O)c1ccc(OC(=O)c2ccccc2I)c(Br)c1. The third-order valence-electron chi connectivity index (χ3n) is 2.65. The molecule has 0 radical (unpaired) electrons. The van der Waals surface area contributed by atoms with Crippen LogP contribution < -0.4 is 4.74 Å². The molecule has 0 heterocycles. The molecule has 0 saturated heterocycles. The predicted molar refractivity (Wildman–Crippen MR) is 89.6 cm³/mol. The van der Waals surface area contributed by atoms with Gasteiger partial charge in [-0.2, -0.15) is 0 Å². The second kappa shape index (κ2) is 7.04. The number of carbonyl (C=O) groups excluding carboxylic acids is 2. The van der Waals surface area contributed by atoms with Crippen LogP contribution in [-0.4, -0.2) is 19.0 Å². The summed E-state index contributed by atoms with van der Waals surface area (Å²) in [6.07, 6.45) is 0. The lowest BCUT2D eigenvalue weighted by Crippen LogP contribution is -2.11. The normalized spacial score (nSPS) is 10.0. The maximum Gasteiger partial charge on any atom is 0.344 e. The fraction of sp³-hybridized carbons (Fsp3) is 0.0667. The molecule has 0 fully saturated rings. The first-order valence-electron chi connectivity index (χ1n) is 5.87. The van der Waals surface area contributed by atoms with E-state index >= 15 is 0 Å². The van der Waals surface area contributed by atoms with Crippen LogP contribution in [0.1, 0.15) is 20.7 Å². The van der Waals surface area contributed by atoms with Crippen molar-refractivity contribution in [1.82, 2.24) is 0 Å². The molecule has 4 nitrogen and oxygen atoms in total. The van der Waals surface area contributed by atoms with Crippen LogP contribution in [0, 0.1) is 3.57 Å². The number of halogens is 2. The minimum atomic E-state index is -0.453. The maximum atomic E-state index is 12.1. The minimum absolute atomic E-state index is 0.340. The number of carbonyl (C=O) groups is 2. The zero-order chi connectivity index (χ0) is 15.4. The van der Waals surface area contributed by atoms with Crippen LogP contribution in [0.4, 0.5) is 0 Å². The predicted octanol–water partition coefficient (Wildman–Crippen LogP) is 4.06. The summed E-state index contributed by atoms with van der Waals surface area (Å²) < 4.78 is 11.3. The van der Waals surface area contributed by atoms with Crippen molar-refractivity contribution >= 4 is 50.5 Å².